The number of hydrogen-bond acceptors (Lipinski definition) is 2. The number of anilines is 1. The van der Waals surface area contributed by atoms with Crippen LogP contribution in [0.2, 0.25) is 0 Å². The van der Waals surface area contributed by atoms with E-state index in [0.29, 0.717) is 11.3 Å². The normalized spacial score (nSPS) is 12.3. The van der Waals surface area contributed by atoms with Gasteiger partial charge in [0.25, 0.3) is 0 Å². The molecule has 0 fully saturated rings. The lowest BCUT2D eigenvalue weighted by Gasteiger charge is -2.20. The summed E-state index contributed by atoms with van der Waals surface area (Å²) in [7, 11) is 3.38. The molecule has 1 unspecified atom stereocenters. The summed E-state index contributed by atoms with van der Waals surface area (Å²) in [6, 6.07) is 4.49. The molecular formula is C11H14FNO2. The number of aliphatic carboxylic acids is 1. The molecule has 0 spiro atoms. The van der Waals surface area contributed by atoms with Gasteiger partial charge in [0.05, 0.1) is 11.6 Å². The van der Waals surface area contributed by atoms with Crippen molar-refractivity contribution in [2.75, 3.05) is 19.0 Å². The fraction of sp³-hybridized carbons (Fsp3) is 0.364. The van der Waals surface area contributed by atoms with E-state index in [1.807, 2.05) is 0 Å². The van der Waals surface area contributed by atoms with E-state index in [2.05, 4.69) is 0 Å². The molecule has 0 bridgehead atoms. The first-order chi connectivity index (χ1) is 6.95. The monoisotopic (exact) mass is 211 g/mol. The SMILES string of the molecule is CC(C(=O)O)c1cccc(F)c1N(C)C. The van der Waals surface area contributed by atoms with E-state index in [-0.39, 0.29) is 0 Å². The third kappa shape index (κ3) is 2.26. The number of carbonyl (C=O) groups is 1. The van der Waals surface area contributed by atoms with Crippen LogP contribution in [0.25, 0.3) is 0 Å². The molecule has 4 heteroatoms. The number of hydrogen-bond donors (Lipinski definition) is 1. The van der Waals surface area contributed by atoms with Crippen LogP contribution in [0, 0.1) is 5.82 Å². The van der Waals surface area contributed by atoms with Crippen molar-refractivity contribution in [1.82, 2.24) is 0 Å². The van der Waals surface area contributed by atoms with E-state index in [9.17, 15) is 9.18 Å². The lowest BCUT2D eigenvalue weighted by atomic mass is 9.98. The van der Waals surface area contributed by atoms with Gasteiger partial charge >= 0.3 is 5.97 Å². The molecule has 0 heterocycles. The molecule has 1 rings (SSSR count). The van der Waals surface area contributed by atoms with Crippen LogP contribution in [-0.2, 0) is 4.79 Å². The highest BCUT2D eigenvalue weighted by Gasteiger charge is 2.20. The van der Waals surface area contributed by atoms with E-state index in [4.69, 9.17) is 5.11 Å². The quantitative estimate of drug-likeness (QED) is 0.832. The van der Waals surface area contributed by atoms with E-state index in [1.165, 1.54) is 12.1 Å². The van der Waals surface area contributed by atoms with Crippen molar-refractivity contribution in [2.24, 2.45) is 0 Å². The first-order valence-corrected chi connectivity index (χ1v) is 4.63. The van der Waals surface area contributed by atoms with Gasteiger partial charge in [-0.05, 0) is 18.6 Å². The van der Waals surface area contributed by atoms with Crippen molar-refractivity contribution in [3.63, 3.8) is 0 Å². The Bertz CT molecular complexity index is 377. The van der Waals surface area contributed by atoms with Crippen LogP contribution in [0.1, 0.15) is 18.4 Å². The second kappa shape index (κ2) is 4.29. The molecule has 0 saturated carbocycles. The second-order valence-electron chi connectivity index (χ2n) is 3.63. The zero-order chi connectivity index (χ0) is 11.6. The summed E-state index contributed by atoms with van der Waals surface area (Å²) in [5.74, 6) is -2.06. The van der Waals surface area contributed by atoms with Gasteiger partial charge in [0.2, 0.25) is 0 Å². The Kier molecular flexibility index (Phi) is 3.29. The molecule has 0 aliphatic carbocycles. The van der Waals surface area contributed by atoms with Crippen LogP contribution >= 0.6 is 0 Å². The van der Waals surface area contributed by atoms with Crippen molar-refractivity contribution in [3.05, 3.63) is 29.6 Å². The number of carboxylic acid groups (broad SMARTS) is 1. The Morgan fingerprint density at radius 1 is 1.47 bits per heavy atom. The van der Waals surface area contributed by atoms with Gasteiger partial charge in [-0.25, -0.2) is 4.39 Å². The Balaban J connectivity index is 3.28. The lowest BCUT2D eigenvalue weighted by Crippen LogP contribution is -2.17. The van der Waals surface area contributed by atoms with Gasteiger partial charge in [0.15, 0.2) is 0 Å². The van der Waals surface area contributed by atoms with Gasteiger partial charge in [0.1, 0.15) is 5.82 Å². The van der Waals surface area contributed by atoms with Crippen molar-refractivity contribution in [1.29, 1.82) is 0 Å². The van der Waals surface area contributed by atoms with Crippen LogP contribution in [0.4, 0.5) is 10.1 Å². The van der Waals surface area contributed by atoms with Crippen molar-refractivity contribution in [3.8, 4) is 0 Å². The molecule has 0 aromatic heterocycles. The summed E-state index contributed by atoms with van der Waals surface area (Å²) >= 11 is 0. The van der Waals surface area contributed by atoms with Crippen molar-refractivity contribution >= 4 is 11.7 Å². The smallest absolute Gasteiger partial charge is 0.310 e. The first-order valence-electron chi connectivity index (χ1n) is 4.63. The molecule has 82 valence electrons. The minimum atomic E-state index is -0.955. The fourth-order valence-corrected chi connectivity index (χ4v) is 1.49. The molecule has 1 N–H and O–H groups in total. The molecule has 3 nitrogen and oxygen atoms in total. The van der Waals surface area contributed by atoms with E-state index >= 15 is 0 Å². The molecule has 0 aliphatic rings. The van der Waals surface area contributed by atoms with Gasteiger partial charge < -0.3 is 10.0 Å². The molecular weight excluding hydrogens is 197 g/mol. The van der Waals surface area contributed by atoms with Gasteiger partial charge in [-0.3, -0.25) is 4.79 Å². The number of rotatable bonds is 3. The highest BCUT2D eigenvalue weighted by atomic mass is 19.1. The van der Waals surface area contributed by atoms with Gasteiger partial charge in [-0.15, -0.1) is 0 Å². The Labute approximate surface area is 88.1 Å². The number of nitrogens with zero attached hydrogens (tertiary/aromatic N) is 1. The maximum absolute atomic E-state index is 13.5. The minimum absolute atomic E-state index is 0.340. The fourth-order valence-electron chi connectivity index (χ4n) is 1.49. The van der Waals surface area contributed by atoms with E-state index in [1.54, 1.807) is 32.0 Å². The second-order valence-corrected chi connectivity index (χ2v) is 3.63. The highest BCUT2D eigenvalue weighted by molar-refractivity contribution is 5.78. The molecule has 1 atom stereocenters. The molecule has 0 saturated heterocycles. The molecule has 1 aromatic rings. The topological polar surface area (TPSA) is 40.5 Å². The largest absolute Gasteiger partial charge is 0.481 e. The first kappa shape index (κ1) is 11.5. The molecule has 0 radical (unpaired) electrons. The molecule has 0 amide bonds. The summed E-state index contributed by atoms with van der Waals surface area (Å²) in [6.45, 7) is 1.55. The maximum Gasteiger partial charge on any atom is 0.310 e. The average molecular weight is 211 g/mol. The van der Waals surface area contributed by atoms with Crippen LogP contribution < -0.4 is 4.90 Å². The number of para-hydroxylation sites is 1. The predicted octanol–water partition coefficient (Wildman–Crippen LogP) is 2.08. The number of halogens is 1. The Hall–Kier alpha value is -1.58. The maximum atomic E-state index is 13.5. The number of benzene rings is 1. The average Bonchev–Trinajstić information content (AvgIpc) is 2.15. The highest BCUT2D eigenvalue weighted by Crippen LogP contribution is 2.29. The van der Waals surface area contributed by atoms with Crippen LogP contribution in [0.3, 0.4) is 0 Å². The summed E-state index contributed by atoms with van der Waals surface area (Å²) in [5.41, 5.74) is 0.833. The van der Waals surface area contributed by atoms with Crippen molar-refractivity contribution < 1.29 is 14.3 Å². The third-order valence-corrected chi connectivity index (χ3v) is 2.30. The summed E-state index contributed by atoms with van der Waals surface area (Å²) in [4.78, 5) is 12.4. The van der Waals surface area contributed by atoms with Gasteiger partial charge in [-0.2, -0.15) is 0 Å². The van der Waals surface area contributed by atoms with Crippen LogP contribution in [0.15, 0.2) is 18.2 Å². The van der Waals surface area contributed by atoms with Gasteiger partial charge in [0, 0.05) is 14.1 Å². The Morgan fingerprint density at radius 2 is 2.07 bits per heavy atom. The van der Waals surface area contributed by atoms with Gasteiger partial charge in [-0.1, -0.05) is 12.1 Å². The Morgan fingerprint density at radius 3 is 2.53 bits per heavy atom. The molecule has 1 aromatic carbocycles. The number of carboxylic acids is 1. The molecule has 15 heavy (non-hydrogen) atoms. The summed E-state index contributed by atoms with van der Waals surface area (Å²) in [6.07, 6.45) is 0. The third-order valence-electron chi connectivity index (χ3n) is 2.30. The van der Waals surface area contributed by atoms with Crippen LogP contribution in [0.5, 0.6) is 0 Å². The van der Waals surface area contributed by atoms with E-state index in [0.717, 1.165) is 0 Å². The predicted molar refractivity (Wildman–Crippen MR) is 56.8 cm³/mol. The van der Waals surface area contributed by atoms with Crippen LogP contribution in [-0.4, -0.2) is 25.2 Å². The van der Waals surface area contributed by atoms with Crippen molar-refractivity contribution in [2.45, 2.75) is 12.8 Å². The zero-order valence-corrected chi connectivity index (χ0v) is 8.99. The molecule has 0 aliphatic heterocycles. The zero-order valence-electron chi connectivity index (χ0n) is 8.99. The minimum Gasteiger partial charge on any atom is -0.481 e. The lowest BCUT2D eigenvalue weighted by molar-refractivity contribution is -0.138. The standard InChI is InChI=1S/C11H14FNO2/c1-7(11(14)15)8-5-4-6-9(12)10(8)13(2)3/h4-7H,1-3H3,(H,14,15). The summed E-state index contributed by atoms with van der Waals surface area (Å²) in [5, 5.41) is 8.89. The summed E-state index contributed by atoms with van der Waals surface area (Å²) < 4.78 is 13.5. The van der Waals surface area contributed by atoms with E-state index < -0.39 is 17.7 Å².